The number of alkyl halides is 3. The summed E-state index contributed by atoms with van der Waals surface area (Å²) in [7, 11) is 0. The Bertz CT molecular complexity index is 695. The highest BCUT2D eigenvalue weighted by Crippen LogP contribution is 2.32. The maximum Gasteiger partial charge on any atom is 0.417 e. The van der Waals surface area contributed by atoms with Crippen molar-refractivity contribution in [1.29, 1.82) is 0 Å². The third-order valence-corrected chi connectivity index (χ3v) is 3.49. The van der Waals surface area contributed by atoms with E-state index in [1.54, 1.807) is 18.2 Å². The lowest BCUT2D eigenvalue weighted by Gasteiger charge is -2.12. The van der Waals surface area contributed by atoms with E-state index in [0.717, 1.165) is 23.6 Å². The Balaban J connectivity index is 0.00000288. The first-order valence-corrected chi connectivity index (χ1v) is 7.35. The normalized spacial score (nSPS) is 10.9. The number of aromatic nitrogens is 1. The number of hydrogen-bond acceptors (Lipinski definition) is 3. The standard InChI is InChI=1S/C14H13Cl2F3N4.ClH/c15-9-1-2-12(11(20)6-9)21-3-4-22-13-10(16)5-8(7-23-13)14(17,18)19;/h1-2,5-7,21H,3-4,20H2,(H,22,23);1H. The lowest BCUT2D eigenvalue weighted by molar-refractivity contribution is -0.253. The minimum absolute atomic E-state index is 0. The predicted octanol–water partition coefficient (Wildman–Crippen LogP) is 0.809. The summed E-state index contributed by atoms with van der Waals surface area (Å²) in [5, 5.41) is 6.52. The molecule has 1 heterocycles. The number of halogens is 6. The Labute approximate surface area is 152 Å². The van der Waals surface area contributed by atoms with E-state index in [1.165, 1.54) is 0 Å². The van der Waals surface area contributed by atoms with Crippen molar-refractivity contribution in [2.75, 3.05) is 23.7 Å². The van der Waals surface area contributed by atoms with Gasteiger partial charge in [-0.2, -0.15) is 13.2 Å². The highest BCUT2D eigenvalue weighted by molar-refractivity contribution is 6.33. The molecule has 0 atom stereocenters. The van der Waals surface area contributed by atoms with Crippen molar-refractivity contribution in [2.45, 2.75) is 6.18 Å². The zero-order chi connectivity index (χ0) is 17.0. The molecule has 2 aromatic rings. The van der Waals surface area contributed by atoms with Gasteiger partial charge in [-0.25, -0.2) is 4.98 Å². The van der Waals surface area contributed by atoms with E-state index in [2.05, 4.69) is 21.4 Å². The van der Waals surface area contributed by atoms with E-state index in [1.807, 2.05) is 0 Å². The molecule has 1 aromatic heterocycles. The summed E-state index contributed by atoms with van der Waals surface area (Å²) in [6, 6.07) is 6.11. The van der Waals surface area contributed by atoms with E-state index in [-0.39, 0.29) is 23.2 Å². The van der Waals surface area contributed by atoms with Crippen LogP contribution in [0, 0.1) is 0 Å². The van der Waals surface area contributed by atoms with Crippen LogP contribution in [0.25, 0.3) is 0 Å². The minimum Gasteiger partial charge on any atom is -1.00 e. The van der Waals surface area contributed by atoms with Crippen LogP contribution in [0.5, 0.6) is 0 Å². The molecule has 5 N–H and O–H groups in total. The van der Waals surface area contributed by atoms with Crippen LogP contribution in [-0.2, 0) is 6.18 Å². The Kier molecular flexibility index (Phi) is 7.41. The molecule has 132 valence electrons. The molecule has 24 heavy (non-hydrogen) atoms. The molecule has 0 fully saturated rings. The lowest BCUT2D eigenvalue weighted by Crippen LogP contribution is -3.00. The number of nitrogens with zero attached hydrogens (tertiary/aromatic N) is 1. The van der Waals surface area contributed by atoms with E-state index in [4.69, 9.17) is 23.2 Å². The number of hydrogen-bond donors (Lipinski definition) is 3. The first-order chi connectivity index (χ1) is 10.8. The lowest BCUT2D eigenvalue weighted by atomic mass is 10.2. The summed E-state index contributed by atoms with van der Waals surface area (Å²) in [4.78, 5) is 3.70. The van der Waals surface area contributed by atoms with Crippen molar-refractivity contribution in [2.24, 2.45) is 0 Å². The molecule has 2 rings (SSSR count). The molecule has 1 aromatic carbocycles. The first kappa shape index (κ1) is 20.6. The average molecular weight is 402 g/mol. The van der Waals surface area contributed by atoms with Gasteiger partial charge in [0, 0.05) is 30.4 Å². The molecular weight excluding hydrogens is 388 g/mol. The molecule has 0 radical (unpaired) electrons. The van der Waals surface area contributed by atoms with Crippen molar-refractivity contribution in [3.8, 4) is 0 Å². The van der Waals surface area contributed by atoms with Gasteiger partial charge < -0.3 is 28.8 Å². The Morgan fingerprint density at radius 1 is 1.08 bits per heavy atom. The molecule has 0 unspecified atom stereocenters. The van der Waals surface area contributed by atoms with Gasteiger partial charge in [0.25, 0.3) is 0 Å². The quantitative estimate of drug-likeness (QED) is 0.650. The van der Waals surface area contributed by atoms with E-state index >= 15 is 0 Å². The maximum absolute atomic E-state index is 12.5. The second kappa shape index (κ2) is 8.62. The second-order valence-electron chi connectivity index (χ2n) is 4.71. The molecule has 0 spiro atoms. The van der Waals surface area contributed by atoms with Crippen LogP contribution in [0.4, 0.5) is 30.4 Å². The summed E-state index contributed by atoms with van der Waals surface area (Å²) >= 11 is 11.6. The zero-order valence-electron chi connectivity index (χ0n) is 12.2. The second-order valence-corrected chi connectivity index (χ2v) is 5.55. The molecule has 0 aliphatic heterocycles. The van der Waals surface area contributed by atoms with Crippen LogP contribution in [0.15, 0.2) is 30.5 Å². The van der Waals surface area contributed by atoms with Gasteiger partial charge in [0.15, 0.2) is 5.69 Å². The first-order valence-electron chi connectivity index (χ1n) is 6.59. The number of anilines is 2. The van der Waals surface area contributed by atoms with Crippen LogP contribution in [0.2, 0.25) is 10.0 Å². The molecule has 0 bridgehead atoms. The molecule has 4 nitrogen and oxygen atoms in total. The fourth-order valence-electron chi connectivity index (χ4n) is 1.84. The molecule has 10 heteroatoms. The third-order valence-electron chi connectivity index (χ3n) is 2.97. The van der Waals surface area contributed by atoms with Gasteiger partial charge in [-0.3, -0.25) is 0 Å². The van der Waals surface area contributed by atoms with E-state index in [0.29, 0.717) is 18.1 Å². The molecule has 0 aliphatic carbocycles. The summed E-state index contributed by atoms with van der Waals surface area (Å²) in [5.41, 5.74) is 4.55. The van der Waals surface area contributed by atoms with Gasteiger partial charge >= 0.3 is 6.18 Å². The smallest absolute Gasteiger partial charge is 0.417 e. The molecule has 0 aliphatic rings. The van der Waals surface area contributed by atoms with Crippen LogP contribution in [-0.4, -0.2) is 18.1 Å². The Morgan fingerprint density at radius 3 is 2.33 bits per heavy atom. The summed E-state index contributed by atoms with van der Waals surface area (Å²) in [6.45, 7) is 0.920. The molecule has 0 saturated carbocycles. The van der Waals surface area contributed by atoms with Crippen LogP contribution in [0.1, 0.15) is 5.56 Å². The molecule has 0 amide bonds. The number of nitrogens with one attached hydrogen (secondary N) is 2. The average Bonchev–Trinajstić information content (AvgIpc) is 2.45. The van der Waals surface area contributed by atoms with Gasteiger partial charge in [-0.15, -0.1) is 0 Å². The van der Waals surface area contributed by atoms with Gasteiger partial charge in [0.1, 0.15) is 5.82 Å². The number of benzene rings is 1. The zero-order valence-corrected chi connectivity index (χ0v) is 14.5. The van der Waals surface area contributed by atoms with E-state index in [9.17, 15) is 13.2 Å². The van der Waals surface area contributed by atoms with Crippen molar-refractivity contribution in [3.05, 3.63) is 46.1 Å². The number of rotatable bonds is 5. The molecular formula is C14H14Cl3F3N4. The van der Waals surface area contributed by atoms with Crippen molar-refractivity contribution in [1.82, 2.24) is 4.98 Å². The largest absolute Gasteiger partial charge is 1.00 e. The molecule has 0 saturated heterocycles. The Hall–Kier alpha value is -1.41. The predicted molar refractivity (Wildman–Crippen MR) is 85.2 cm³/mol. The van der Waals surface area contributed by atoms with Gasteiger partial charge in [-0.1, -0.05) is 23.2 Å². The van der Waals surface area contributed by atoms with Crippen molar-refractivity contribution >= 4 is 40.4 Å². The van der Waals surface area contributed by atoms with Gasteiger partial charge in [-0.05, 0) is 18.2 Å². The SMILES string of the molecule is [Cl-].[NH3+]c1cc(Cl)ccc1NCCNc1ncc(C(F)(F)F)cc1Cl. The summed E-state index contributed by atoms with van der Waals surface area (Å²) in [5.74, 6) is 0.201. The fraction of sp³-hybridized carbons (Fsp3) is 0.214. The number of quaternary nitrogens is 1. The monoisotopic (exact) mass is 400 g/mol. The van der Waals surface area contributed by atoms with Crippen LogP contribution in [0.3, 0.4) is 0 Å². The van der Waals surface area contributed by atoms with Gasteiger partial charge in [0.05, 0.1) is 16.3 Å². The highest BCUT2D eigenvalue weighted by atomic mass is 35.5. The van der Waals surface area contributed by atoms with Crippen molar-refractivity contribution < 1.29 is 31.3 Å². The summed E-state index contributed by atoms with van der Waals surface area (Å²) < 4.78 is 37.5. The topological polar surface area (TPSA) is 64.6 Å². The summed E-state index contributed by atoms with van der Waals surface area (Å²) in [6.07, 6.45) is -3.72. The maximum atomic E-state index is 12.5. The highest BCUT2D eigenvalue weighted by Gasteiger charge is 2.31. The van der Waals surface area contributed by atoms with Gasteiger partial charge in [0.2, 0.25) is 0 Å². The fourth-order valence-corrected chi connectivity index (χ4v) is 2.26. The number of pyridine rings is 1. The van der Waals surface area contributed by atoms with E-state index < -0.39 is 11.7 Å². The third kappa shape index (κ3) is 5.59. The van der Waals surface area contributed by atoms with Crippen molar-refractivity contribution in [3.63, 3.8) is 0 Å². The Morgan fingerprint density at radius 2 is 1.75 bits per heavy atom. The van der Waals surface area contributed by atoms with Crippen LogP contribution < -0.4 is 28.8 Å². The van der Waals surface area contributed by atoms with Crippen LogP contribution >= 0.6 is 23.2 Å². The minimum atomic E-state index is -4.46.